The van der Waals surface area contributed by atoms with Gasteiger partial charge >= 0.3 is 18.2 Å². The van der Waals surface area contributed by atoms with E-state index in [0.717, 1.165) is 22.3 Å². The minimum atomic E-state index is -1.27. The molecule has 2 aromatic carbocycles. The molecule has 0 spiro atoms. The summed E-state index contributed by atoms with van der Waals surface area (Å²) in [6, 6.07) is 13.6. The van der Waals surface area contributed by atoms with E-state index in [9.17, 15) is 19.2 Å². The third kappa shape index (κ3) is 9.09. The number of alkyl carbamates (subject to hydrolysis) is 2. The summed E-state index contributed by atoms with van der Waals surface area (Å²) >= 11 is 0. The Hall–Kier alpha value is -4.34. The second-order valence-electron chi connectivity index (χ2n) is 11.5. The van der Waals surface area contributed by atoms with E-state index in [1.165, 1.54) is 6.08 Å². The summed E-state index contributed by atoms with van der Waals surface area (Å²) in [4.78, 5) is 51.2. The highest BCUT2D eigenvalue weighted by Crippen LogP contribution is 2.44. The number of hydrogen-bond donors (Lipinski definition) is 3. The fraction of sp³-hybridized carbons (Fsp3) is 0.438. The van der Waals surface area contributed by atoms with Crippen LogP contribution in [0.3, 0.4) is 0 Å². The number of rotatable bonds is 12. The first-order chi connectivity index (χ1) is 19.9. The van der Waals surface area contributed by atoms with E-state index < -0.39 is 41.7 Å². The van der Waals surface area contributed by atoms with Gasteiger partial charge in [0.05, 0.1) is 6.54 Å². The van der Waals surface area contributed by atoms with Crippen LogP contribution in [0.5, 0.6) is 0 Å². The molecule has 0 bridgehead atoms. The zero-order valence-electron chi connectivity index (χ0n) is 24.9. The van der Waals surface area contributed by atoms with Crippen LogP contribution in [-0.4, -0.2) is 61.5 Å². The monoisotopic (exact) mass is 579 g/mol. The Labute approximate surface area is 247 Å². The van der Waals surface area contributed by atoms with Crippen LogP contribution in [-0.2, 0) is 23.8 Å². The molecular formula is C32H41N3O7. The maximum atomic E-state index is 13.3. The molecule has 3 N–H and O–H groups in total. The Kier molecular flexibility index (Phi) is 11.1. The van der Waals surface area contributed by atoms with Crippen molar-refractivity contribution < 1.29 is 33.4 Å². The summed E-state index contributed by atoms with van der Waals surface area (Å²) in [5.74, 6) is -1.44. The largest absolute Gasteiger partial charge is 0.460 e. The summed E-state index contributed by atoms with van der Waals surface area (Å²) in [6.07, 6.45) is 0.119. The third-order valence-electron chi connectivity index (χ3n) is 6.45. The lowest BCUT2D eigenvalue weighted by atomic mass is 9.98. The maximum Gasteiger partial charge on any atom is 0.407 e. The average Bonchev–Trinajstić information content (AvgIpc) is 3.24. The van der Waals surface area contributed by atoms with E-state index in [1.807, 2.05) is 62.4 Å². The summed E-state index contributed by atoms with van der Waals surface area (Å²) in [5, 5.41) is 7.69. The molecule has 3 amide bonds. The Morgan fingerprint density at radius 3 is 2.02 bits per heavy atom. The lowest BCUT2D eigenvalue weighted by Crippen LogP contribution is -2.56. The summed E-state index contributed by atoms with van der Waals surface area (Å²) in [6.45, 7) is 12.2. The SMILES string of the molecule is C=CCOC(=O)[C@H](CC(C)C)NC(=O)[C@H](CNC(=O)OC(C)(C)C)NC(=O)OCC1c2ccccc2-c2ccccc21. The third-order valence-corrected chi connectivity index (χ3v) is 6.45. The van der Waals surface area contributed by atoms with Gasteiger partial charge in [-0.3, -0.25) is 4.79 Å². The molecular weight excluding hydrogens is 538 g/mol. The lowest BCUT2D eigenvalue weighted by molar-refractivity contribution is -0.147. The molecule has 0 aliphatic heterocycles. The highest BCUT2D eigenvalue weighted by Gasteiger charge is 2.32. The van der Waals surface area contributed by atoms with Gasteiger partial charge < -0.3 is 30.2 Å². The van der Waals surface area contributed by atoms with Crippen LogP contribution in [0.4, 0.5) is 9.59 Å². The second-order valence-corrected chi connectivity index (χ2v) is 11.5. The van der Waals surface area contributed by atoms with Crippen molar-refractivity contribution in [2.75, 3.05) is 19.8 Å². The first-order valence-corrected chi connectivity index (χ1v) is 14.1. The molecule has 0 fully saturated rings. The van der Waals surface area contributed by atoms with Crippen molar-refractivity contribution in [3.63, 3.8) is 0 Å². The topological polar surface area (TPSA) is 132 Å². The molecule has 3 rings (SSSR count). The molecule has 2 atom stereocenters. The van der Waals surface area contributed by atoms with E-state index in [-0.39, 0.29) is 31.6 Å². The summed E-state index contributed by atoms with van der Waals surface area (Å²) < 4.78 is 16.0. The van der Waals surface area contributed by atoms with Crippen molar-refractivity contribution in [3.05, 3.63) is 72.3 Å². The molecule has 0 saturated heterocycles. The molecule has 42 heavy (non-hydrogen) atoms. The van der Waals surface area contributed by atoms with Crippen LogP contribution in [0.25, 0.3) is 11.1 Å². The van der Waals surface area contributed by atoms with Gasteiger partial charge in [0.1, 0.15) is 30.9 Å². The molecule has 0 heterocycles. The first kappa shape index (κ1) is 32.2. The van der Waals surface area contributed by atoms with Crippen LogP contribution in [0.2, 0.25) is 0 Å². The van der Waals surface area contributed by atoms with Crippen LogP contribution in [0.1, 0.15) is 58.1 Å². The van der Waals surface area contributed by atoms with Gasteiger partial charge in [0, 0.05) is 5.92 Å². The van der Waals surface area contributed by atoms with Crippen molar-refractivity contribution >= 4 is 24.1 Å². The molecule has 0 aromatic heterocycles. The Morgan fingerprint density at radius 1 is 0.881 bits per heavy atom. The first-order valence-electron chi connectivity index (χ1n) is 14.1. The number of amides is 3. The Bertz CT molecular complexity index is 1240. The van der Waals surface area contributed by atoms with Crippen LogP contribution >= 0.6 is 0 Å². The summed E-state index contributed by atoms with van der Waals surface area (Å²) in [5.41, 5.74) is 3.49. The quantitative estimate of drug-likeness (QED) is 0.189. The smallest absolute Gasteiger partial charge is 0.407 e. The lowest BCUT2D eigenvalue weighted by Gasteiger charge is -2.25. The number of nitrogens with one attached hydrogen (secondary N) is 3. The van der Waals surface area contributed by atoms with Gasteiger partial charge in [0.15, 0.2) is 0 Å². The van der Waals surface area contributed by atoms with Crippen molar-refractivity contribution in [2.45, 2.75) is 64.6 Å². The molecule has 1 aliphatic carbocycles. The van der Waals surface area contributed by atoms with Crippen LogP contribution in [0, 0.1) is 5.92 Å². The van der Waals surface area contributed by atoms with E-state index >= 15 is 0 Å². The highest BCUT2D eigenvalue weighted by atomic mass is 16.6. The summed E-state index contributed by atoms with van der Waals surface area (Å²) in [7, 11) is 0. The number of fused-ring (bicyclic) bond motifs is 3. The van der Waals surface area contributed by atoms with Crippen molar-refractivity contribution in [1.82, 2.24) is 16.0 Å². The highest BCUT2D eigenvalue weighted by molar-refractivity contribution is 5.90. The van der Waals surface area contributed by atoms with Crippen LogP contribution < -0.4 is 16.0 Å². The van der Waals surface area contributed by atoms with E-state index in [0.29, 0.717) is 6.42 Å². The van der Waals surface area contributed by atoms with Crippen LogP contribution in [0.15, 0.2) is 61.2 Å². The molecule has 10 nitrogen and oxygen atoms in total. The van der Waals surface area contributed by atoms with Gasteiger partial charge in [-0.25, -0.2) is 14.4 Å². The number of esters is 1. The number of ether oxygens (including phenoxy) is 3. The average molecular weight is 580 g/mol. The molecule has 10 heteroatoms. The zero-order chi connectivity index (χ0) is 30.9. The molecule has 226 valence electrons. The van der Waals surface area contributed by atoms with Gasteiger partial charge in [-0.05, 0) is 55.4 Å². The van der Waals surface area contributed by atoms with Gasteiger partial charge in [-0.2, -0.15) is 0 Å². The van der Waals surface area contributed by atoms with Crippen molar-refractivity contribution in [1.29, 1.82) is 0 Å². The fourth-order valence-electron chi connectivity index (χ4n) is 4.69. The number of carbonyl (C=O) groups is 4. The predicted molar refractivity (Wildman–Crippen MR) is 159 cm³/mol. The van der Waals surface area contributed by atoms with E-state index in [2.05, 4.69) is 22.5 Å². The van der Waals surface area contributed by atoms with Gasteiger partial charge in [0.2, 0.25) is 5.91 Å². The molecule has 0 saturated carbocycles. The Morgan fingerprint density at radius 2 is 1.48 bits per heavy atom. The minimum Gasteiger partial charge on any atom is -0.460 e. The number of carbonyl (C=O) groups excluding carboxylic acids is 4. The molecule has 2 aromatic rings. The van der Waals surface area contributed by atoms with Crippen molar-refractivity contribution in [3.8, 4) is 11.1 Å². The molecule has 1 aliphatic rings. The van der Waals surface area contributed by atoms with E-state index in [1.54, 1.807) is 20.8 Å². The predicted octanol–water partition coefficient (Wildman–Crippen LogP) is 4.68. The van der Waals surface area contributed by atoms with Gasteiger partial charge in [-0.15, -0.1) is 0 Å². The van der Waals surface area contributed by atoms with Gasteiger partial charge in [-0.1, -0.05) is 75.0 Å². The normalized spacial score (nSPS) is 13.7. The maximum absolute atomic E-state index is 13.3. The molecule has 0 unspecified atom stereocenters. The molecule has 0 radical (unpaired) electrons. The second kappa shape index (κ2) is 14.5. The van der Waals surface area contributed by atoms with Crippen molar-refractivity contribution in [2.24, 2.45) is 5.92 Å². The minimum absolute atomic E-state index is 0.00900. The van der Waals surface area contributed by atoms with Gasteiger partial charge in [0.25, 0.3) is 0 Å². The van der Waals surface area contributed by atoms with E-state index in [4.69, 9.17) is 14.2 Å². The Balaban J connectivity index is 1.72. The fourth-order valence-corrected chi connectivity index (χ4v) is 4.69. The number of benzene rings is 2. The number of hydrogen-bond acceptors (Lipinski definition) is 7. The zero-order valence-corrected chi connectivity index (χ0v) is 24.9. The standard InChI is InChI=1S/C32H41N3O7/c1-7-16-40-29(37)26(17-20(2)3)34-28(36)27(18-33-30(38)42-32(4,5)6)35-31(39)41-19-25-23-14-10-8-12-21(23)22-13-9-11-15-24(22)25/h7-15,20,25-27H,1,16-19H2,2-6H3,(H,33,38)(H,34,36)(H,35,39)/t26-,27-/m0/s1.